The van der Waals surface area contributed by atoms with Crippen molar-refractivity contribution in [2.24, 2.45) is 0 Å². The summed E-state index contributed by atoms with van der Waals surface area (Å²) in [6.45, 7) is 7.74. The summed E-state index contributed by atoms with van der Waals surface area (Å²) in [5.74, 6) is 0.591. The fourth-order valence-electron chi connectivity index (χ4n) is 3.34. The molecule has 3 aromatic rings. The highest BCUT2D eigenvalue weighted by atomic mass is 32.1. The van der Waals surface area contributed by atoms with Gasteiger partial charge >= 0.3 is 0 Å². The zero-order chi connectivity index (χ0) is 19.2. The first-order valence-electron chi connectivity index (χ1n) is 8.98. The summed E-state index contributed by atoms with van der Waals surface area (Å²) in [7, 11) is 1.64. The van der Waals surface area contributed by atoms with Gasteiger partial charge in [0.1, 0.15) is 10.7 Å². The van der Waals surface area contributed by atoms with Crippen molar-refractivity contribution >= 4 is 33.1 Å². The minimum atomic E-state index is -0.282. The van der Waals surface area contributed by atoms with E-state index in [0.29, 0.717) is 31.2 Å². The van der Waals surface area contributed by atoms with Gasteiger partial charge in [-0.25, -0.2) is 9.97 Å². The molecule has 0 radical (unpaired) electrons. The summed E-state index contributed by atoms with van der Waals surface area (Å²) >= 11 is 1.63. The smallest absolute Gasteiger partial charge is 0.290 e. The third-order valence-electron chi connectivity index (χ3n) is 4.68. The summed E-state index contributed by atoms with van der Waals surface area (Å²) in [4.78, 5) is 23.8. The molecule has 0 spiro atoms. The maximum atomic E-state index is 12.4. The molecule has 8 nitrogen and oxygen atoms in total. The third-order valence-corrected chi connectivity index (χ3v) is 5.78. The van der Waals surface area contributed by atoms with Crippen molar-refractivity contribution in [3.63, 3.8) is 0 Å². The van der Waals surface area contributed by atoms with Gasteiger partial charge in [0.2, 0.25) is 5.82 Å². The fourth-order valence-corrected chi connectivity index (χ4v) is 4.48. The van der Waals surface area contributed by atoms with E-state index in [4.69, 9.17) is 14.5 Å². The van der Waals surface area contributed by atoms with E-state index in [1.54, 1.807) is 23.0 Å². The zero-order valence-electron chi connectivity index (χ0n) is 16.0. The molecule has 1 N–H and O–H groups in total. The Hall–Kier alpha value is -2.10. The molecular formula is C18H23N5O3S. The predicted octanol–water partition coefficient (Wildman–Crippen LogP) is 2.27. The zero-order valence-corrected chi connectivity index (χ0v) is 16.8. The maximum absolute atomic E-state index is 12.4. The van der Waals surface area contributed by atoms with Gasteiger partial charge in [-0.1, -0.05) is 0 Å². The number of fused-ring (bicyclic) bond motifs is 5. The minimum Gasteiger partial charge on any atom is -0.385 e. The fraction of sp³-hybridized carbons (Fsp3) is 0.556. The number of hydrogen-bond acceptors (Lipinski definition) is 7. The quantitative estimate of drug-likeness (QED) is 0.673. The Kier molecular flexibility index (Phi) is 4.61. The molecule has 0 saturated carbocycles. The monoisotopic (exact) mass is 389 g/mol. The lowest BCUT2D eigenvalue weighted by Gasteiger charge is -2.30. The molecule has 144 valence electrons. The number of aromatic nitrogens is 4. The largest absolute Gasteiger partial charge is 0.385 e. The van der Waals surface area contributed by atoms with Crippen LogP contribution in [-0.2, 0) is 22.5 Å². The molecule has 1 amide bonds. The van der Waals surface area contributed by atoms with E-state index in [0.717, 1.165) is 23.1 Å². The lowest BCUT2D eigenvalue weighted by atomic mass is 9.94. The van der Waals surface area contributed by atoms with Crippen LogP contribution in [0.3, 0.4) is 0 Å². The van der Waals surface area contributed by atoms with Crippen LogP contribution in [0.1, 0.15) is 47.2 Å². The van der Waals surface area contributed by atoms with Crippen molar-refractivity contribution in [3.8, 4) is 0 Å². The molecule has 0 aliphatic carbocycles. The topological polar surface area (TPSA) is 90.6 Å². The maximum Gasteiger partial charge on any atom is 0.290 e. The second-order valence-corrected chi connectivity index (χ2v) is 8.42. The van der Waals surface area contributed by atoms with Gasteiger partial charge in [0.05, 0.1) is 17.6 Å². The number of rotatable bonds is 5. The SMILES string of the molecule is COCCCNC(=O)c1nc2c3c4c(sc3nc(C)n2n1)COC(C)(C)C4. The molecule has 0 fully saturated rings. The predicted molar refractivity (Wildman–Crippen MR) is 102 cm³/mol. The minimum absolute atomic E-state index is 0.163. The number of nitrogens with one attached hydrogen (secondary N) is 1. The molecule has 0 unspecified atom stereocenters. The Bertz CT molecular complexity index is 1020. The van der Waals surface area contributed by atoms with Gasteiger partial charge in [0, 0.05) is 31.6 Å². The number of carbonyl (C=O) groups excluding carboxylic acids is 1. The first-order chi connectivity index (χ1) is 12.9. The Labute approximate surface area is 160 Å². The number of ether oxygens (including phenoxy) is 2. The summed E-state index contributed by atoms with van der Waals surface area (Å²) in [6, 6.07) is 0. The molecular weight excluding hydrogens is 366 g/mol. The van der Waals surface area contributed by atoms with Gasteiger partial charge in [-0.05, 0) is 32.8 Å². The summed E-state index contributed by atoms with van der Waals surface area (Å²) in [5.41, 5.74) is 1.67. The molecule has 27 heavy (non-hydrogen) atoms. The number of thiophene rings is 1. The Morgan fingerprint density at radius 1 is 1.41 bits per heavy atom. The molecule has 4 heterocycles. The molecule has 4 rings (SSSR count). The highest BCUT2D eigenvalue weighted by Gasteiger charge is 2.31. The lowest BCUT2D eigenvalue weighted by Crippen LogP contribution is -2.31. The Morgan fingerprint density at radius 3 is 3.00 bits per heavy atom. The molecule has 1 aliphatic rings. The molecule has 1 aliphatic heterocycles. The Balaban J connectivity index is 1.76. The van der Waals surface area contributed by atoms with Gasteiger partial charge < -0.3 is 14.8 Å². The second-order valence-electron chi connectivity index (χ2n) is 7.34. The van der Waals surface area contributed by atoms with E-state index in [-0.39, 0.29) is 17.3 Å². The van der Waals surface area contributed by atoms with Crippen molar-refractivity contribution in [1.82, 2.24) is 24.9 Å². The van der Waals surface area contributed by atoms with Crippen LogP contribution in [0.2, 0.25) is 0 Å². The Morgan fingerprint density at radius 2 is 2.22 bits per heavy atom. The van der Waals surface area contributed by atoms with Gasteiger partial charge in [-0.3, -0.25) is 4.79 Å². The van der Waals surface area contributed by atoms with E-state index in [1.165, 1.54) is 10.4 Å². The van der Waals surface area contributed by atoms with Crippen LogP contribution >= 0.6 is 11.3 Å². The van der Waals surface area contributed by atoms with Crippen LogP contribution < -0.4 is 5.32 Å². The van der Waals surface area contributed by atoms with Gasteiger partial charge in [0.25, 0.3) is 5.91 Å². The summed E-state index contributed by atoms with van der Waals surface area (Å²) < 4.78 is 12.6. The number of methoxy groups -OCH3 is 1. The number of carbonyl (C=O) groups is 1. The number of aryl methyl sites for hydroxylation is 1. The van der Waals surface area contributed by atoms with E-state index >= 15 is 0 Å². The summed E-state index contributed by atoms with van der Waals surface area (Å²) in [6.07, 6.45) is 1.53. The second kappa shape index (κ2) is 6.81. The average molecular weight is 389 g/mol. The van der Waals surface area contributed by atoms with E-state index < -0.39 is 0 Å². The number of amides is 1. The van der Waals surface area contributed by atoms with Crippen molar-refractivity contribution in [2.75, 3.05) is 20.3 Å². The van der Waals surface area contributed by atoms with Crippen LogP contribution in [0.5, 0.6) is 0 Å². The highest BCUT2D eigenvalue weighted by molar-refractivity contribution is 7.19. The van der Waals surface area contributed by atoms with E-state index in [1.807, 2.05) is 6.92 Å². The molecule has 0 aromatic carbocycles. The van der Waals surface area contributed by atoms with Gasteiger partial charge in [0.15, 0.2) is 5.65 Å². The van der Waals surface area contributed by atoms with Crippen molar-refractivity contribution in [3.05, 3.63) is 22.1 Å². The number of hydrogen-bond donors (Lipinski definition) is 1. The van der Waals surface area contributed by atoms with E-state index in [2.05, 4.69) is 29.2 Å². The molecule has 0 atom stereocenters. The van der Waals surface area contributed by atoms with Gasteiger partial charge in [-0.2, -0.15) is 4.52 Å². The van der Waals surface area contributed by atoms with Crippen LogP contribution in [0, 0.1) is 6.92 Å². The van der Waals surface area contributed by atoms with Crippen molar-refractivity contribution < 1.29 is 14.3 Å². The lowest BCUT2D eigenvalue weighted by molar-refractivity contribution is -0.0379. The van der Waals surface area contributed by atoms with Crippen molar-refractivity contribution in [2.45, 2.75) is 45.8 Å². The molecule has 3 aromatic heterocycles. The van der Waals surface area contributed by atoms with E-state index in [9.17, 15) is 4.79 Å². The average Bonchev–Trinajstić information content (AvgIpc) is 3.19. The van der Waals surface area contributed by atoms with Crippen LogP contribution in [0.25, 0.3) is 15.9 Å². The first kappa shape index (κ1) is 18.3. The van der Waals surface area contributed by atoms with Crippen LogP contribution in [0.4, 0.5) is 0 Å². The standard InChI is InChI=1S/C18H23N5O3S/c1-10-20-17-13(11-8-18(2,3)26-9-12(11)27-17)15-21-14(22-23(10)15)16(24)19-6-5-7-25-4/h5-9H2,1-4H3,(H,19,24). The molecule has 0 saturated heterocycles. The van der Waals surface area contributed by atoms with Crippen LogP contribution in [-0.4, -0.2) is 51.4 Å². The van der Waals surface area contributed by atoms with Crippen molar-refractivity contribution in [1.29, 1.82) is 0 Å². The third kappa shape index (κ3) is 3.30. The molecule has 0 bridgehead atoms. The van der Waals surface area contributed by atoms with Gasteiger partial charge in [-0.15, -0.1) is 16.4 Å². The normalized spacial score (nSPS) is 16.0. The summed E-state index contributed by atoms with van der Waals surface area (Å²) in [5, 5.41) is 8.22. The molecule has 9 heteroatoms. The van der Waals surface area contributed by atoms with Crippen LogP contribution in [0.15, 0.2) is 0 Å². The number of nitrogens with zero attached hydrogens (tertiary/aromatic N) is 4. The highest BCUT2D eigenvalue weighted by Crippen LogP contribution is 2.39. The first-order valence-corrected chi connectivity index (χ1v) is 9.80.